The quantitative estimate of drug-likeness (QED) is 0.553. The molecular weight excluding hydrogens is 224 g/mol. The Morgan fingerprint density at radius 2 is 1.71 bits per heavy atom. The summed E-state index contributed by atoms with van der Waals surface area (Å²) in [7, 11) is -1.08. The zero-order valence-corrected chi connectivity index (χ0v) is 12.2. The van der Waals surface area contributed by atoms with Gasteiger partial charge in [0, 0.05) is 0 Å². The molecule has 0 fully saturated rings. The van der Waals surface area contributed by atoms with E-state index in [1.165, 1.54) is 22.3 Å². The molecule has 80 valence electrons. The van der Waals surface area contributed by atoms with Gasteiger partial charge in [0.2, 0.25) is 0 Å². The Morgan fingerprint density at radius 1 is 1.14 bits per heavy atom. The summed E-state index contributed by atoms with van der Waals surface area (Å²) in [5, 5.41) is 0. The monoisotopic (exact) mass is 244 g/mol. The highest BCUT2D eigenvalue weighted by Crippen LogP contribution is 2.27. The molecule has 0 saturated carbocycles. The van der Waals surface area contributed by atoms with Crippen molar-refractivity contribution in [2.24, 2.45) is 0 Å². The van der Waals surface area contributed by atoms with Crippen molar-refractivity contribution in [2.75, 3.05) is 6.26 Å². The van der Waals surface area contributed by atoms with Gasteiger partial charge in [-0.3, -0.25) is 0 Å². The molecule has 0 bridgehead atoms. The molecule has 0 aliphatic carbocycles. The molecule has 0 aliphatic rings. The van der Waals surface area contributed by atoms with Gasteiger partial charge in [0.1, 0.15) is 0 Å². The average molecular weight is 245 g/mol. The first-order valence-electron chi connectivity index (χ1n) is 5.36. The minimum Gasteiger partial charge on any atom is -0.139 e. The lowest BCUT2D eigenvalue weighted by Gasteiger charge is -2.26. The van der Waals surface area contributed by atoms with Crippen LogP contribution in [-0.4, -0.2) is 14.3 Å². The van der Waals surface area contributed by atoms with Gasteiger partial charge in [-0.2, -0.15) is 0 Å². The summed E-state index contributed by atoms with van der Waals surface area (Å²) in [6.07, 6.45) is 2.17. The van der Waals surface area contributed by atoms with E-state index in [0.717, 1.165) is 0 Å². The van der Waals surface area contributed by atoms with Gasteiger partial charge in [0.25, 0.3) is 0 Å². The third kappa shape index (κ3) is 2.26. The van der Waals surface area contributed by atoms with Crippen LogP contribution in [-0.2, 0) is 0 Å². The van der Waals surface area contributed by atoms with Crippen LogP contribution in [0.15, 0.2) is 16.3 Å². The smallest absolute Gasteiger partial charge is 0.0987 e. The highest BCUT2D eigenvalue weighted by atomic mass is 32.2. The van der Waals surface area contributed by atoms with Gasteiger partial charge in [-0.05, 0) is 16.8 Å². The first-order chi connectivity index (χ1) is 6.72. The fraction of sp³-hybridized carbons (Fsp3) is 0.636. The summed E-state index contributed by atoms with van der Waals surface area (Å²) in [5.74, 6) is 0. The Morgan fingerprint density at radius 3 is 2.07 bits per heavy atom. The van der Waals surface area contributed by atoms with Crippen LogP contribution in [0.3, 0.4) is 0 Å². The summed E-state index contributed by atoms with van der Waals surface area (Å²) in [6.45, 7) is 7.12. The number of thioether (sulfide) groups is 1. The first kappa shape index (κ1) is 12.3. The zero-order valence-electron chi connectivity index (χ0n) is 9.59. The molecular formula is C11H20S2Si. The molecule has 1 rings (SSSR count). The highest BCUT2D eigenvalue weighted by Gasteiger charge is 2.30. The molecule has 0 saturated heterocycles. The highest BCUT2D eigenvalue weighted by molar-refractivity contribution is 8.00. The minimum atomic E-state index is -1.08. The lowest BCUT2D eigenvalue weighted by atomic mass is 10.7. The summed E-state index contributed by atoms with van der Waals surface area (Å²) in [4.78, 5) is 0. The second-order valence-electron chi connectivity index (χ2n) is 3.66. The molecule has 14 heavy (non-hydrogen) atoms. The average Bonchev–Trinajstić information content (AvgIpc) is 2.71. The number of thiophene rings is 1. The molecule has 0 spiro atoms. The van der Waals surface area contributed by atoms with Crippen molar-refractivity contribution in [1.29, 1.82) is 0 Å². The third-order valence-corrected chi connectivity index (χ3v) is 12.2. The van der Waals surface area contributed by atoms with Crippen LogP contribution in [0.25, 0.3) is 0 Å². The van der Waals surface area contributed by atoms with Crippen LogP contribution in [0.4, 0.5) is 0 Å². The molecule has 0 atom stereocenters. The Kier molecular flexibility index (Phi) is 4.74. The predicted octanol–water partition coefficient (Wildman–Crippen LogP) is 4.19. The number of rotatable bonds is 5. The van der Waals surface area contributed by atoms with E-state index in [1.807, 2.05) is 23.1 Å². The summed E-state index contributed by atoms with van der Waals surface area (Å²) >= 11 is 3.92. The van der Waals surface area contributed by atoms with Crippen LogP contribution in [0.5, 0.6) is 0 Å². The van der Waals surface area contributed by atoms with Crippen molar-refractivity contribution in [3.05, 3.63) is 12.1 Å². The van der Waals surface area contributed by atoms with Gasteiger partial charge in [-0.15, -0.1) is 23.1 Å². The Bertz CT molecular complexity index is 268. The van der Waals surface area contributed by atoms with E-state index in [4.69, 9.17) is 0 Å². The topological polar surface area (TPSA) is 0 Å². The maximum atomic E-state index is 2.39. The van der Waals surface area contributed by atoms with E-state index >= 15 is 0 Å². The van der Waals surface area contributed by atoms with E-state index < -0.39 is 8.07 Å². The van der Waals surface area contributed by atoms with Gasteiger partial charge in [0.15, 0.2) is 0 Å². The Labute approximate surface area is 97.1 Å². The summed E-state index contributed by atoms with van der Waals surface area (Å²) in [5.41, 5.74) is 0. The number of hydrogen-bond donors (Lipinski definition) is 0. The third-order valence-electron chi connectivity index (χ3n) is 3.34. The van der Waals surface area contributed by atoms with Gasteiger partial charge in [-0.25, -0.2) is 0 Å². The zero-order chi connectivity index (χ0) is 10.6. The van der Waals surface area contributed by atoms with Crippen LogP contribution < -0.4 is 4.50 Å². The lowest BCUT2D eigenvalue weighted by Crippen LogP contribution is -2.43. The summed E-state index contributed by atoms with van der Waals surface area (Å²) < 4.78 is 3.20. The molecule has 3 heteroatoms. The molecule has 0 radical (unpaired) electrons. The van der Waals surface area contributed by atoms with E-state index in [2.05, 4.69) is 39.2 Å². The van der Waals surface area contributed by atoms with Crippen molar-refractivity contribution in [3.63, 3.8) is 0 Å². The van der Waals surface area contributed by atoms with E-state index in [0.29, 0.717) is 0 Å². The normalized spacial score (nSPS) is 12.0. The molecule has 0 N–H and O–H groups in total. The maximum absolute atomic E-state index is 2.39. The predicted molar refractivity (Wildman–Crippen MR) is 72.9 cm³/mol. The fourth-order valence-corrected chi connectivity index (χ4v) is 8.98. The van der Waals surface area contributed by atoms with E-state index in [9.17, 15) is 0 Å². The molecule has 0 amide bonds. The SMILES string of the molecule is CC[Si](CC)(CC)c1ccc(SC)s1. The largest absolute Gasteiger partial charge is 0.139 e. The fourth-order valence-electron chi connectivity index (χ4n) is 1.99. The minimum absolute atomic E-state index is 1.08. The lowest BCUT2D eigenvalue weighted by molar-refractivity contribution is 1.20. The summed E-state index contributed by atoms with van der Waals surface area (Å²) in [6, 6.07) is 8.88. The van der Waals surface area contributed by atoms with Crippen molar-refractivity contribution in [1.82, 2.24) is 0 Å². The van der Waals surface area contributed by atoms with Crippen LogP contribution in [0.1, 0.15) is 20.8 Å². The van der Waals surface area contributed by atoms with Crippen molar-refractivity contribution in [3.8, 4) is 0 Å². The second-order valence-corrected chi connectivity index (χ2v) is 11.4. The van der Waals surface area contributed by atoms with Gasteiger partial charge >= 0.3 is 0 Å². The number of hydrogen-bond acceptors (Lipinski definition) is 2. The van der Waals surface area contributed by atoms with Crippen molar-refractivity contribution < 1.29 is 0 Å². The van der Waals surface area contributed by atoms with Crippen molar-refractivity contribution >= 4 is 35.7 Å². The van der Waals surface area contributed by atoms with Gasteiger partial charge in [-0.1, -0.05) is 45.0 Å². The molecule has 1 heterocycles. The van der Waals surface area contributed by atoms with Gasteiger partial charge in [0.05, 0.1) is 12.3 Å². The molecule has 1 aromatic heterocycles. The standard InChI is InChI=1S/C11H20S2Si/c1-5-14(6-2,7-3)11-9-8-10(12-4)13-11/h8-9H,5-7H2,1-4H3. The molecule has 0 unspecified atom stereocenters. The second kappa shape index (κ2) is 5.38. The van der Waals surface area contributed by atoms with Crippen LogP contribution >= 0.6 is 23.1 Å². The van der Waals surface area contributed by atoms with Crippen LogP contribution in [0, 0.1) is 0 Å². The van der Waals surface area contributed by atoms with E-state index in [-0.39, 0.29) is 0 Å². The van der Waals surface area contributed by atoms with E-state index in [1.54, 1.807) is 4.50 Å². The molecule has 0 aromatic carbocycles. The maximum Gasteiger partial charge on any atom is 0.0987 e. The Hall–Kier alpha value is 0.267. The molecule has 0 nitrogen and oxygen atoms in total. The van der Waals surface area contributed by atoms with Crippen LogP contribution in [0.2, 0.25) is 18.1 Å². The first-order valence-corrected chi connectivity index (χ1v) is 10.0. The van der Waals surface area contributed by atoms with Crippen molar-refractivity contribution in [2.45, 2.75) is 43.1 Å². The Balaban J connectivity index is 2.98. The van der Waals surface area contributed by atoms with Gasteiger partial charge < -0.3 is 0 Å². The molecule has 0 aliphatic heterocycles. The molecule has 1 aromatic rings.